The molecule has 0 aliphatic rings. The number of aliphatic imine (C=N–C) groups is 1. The molecular formula is C13H13F3N2O. The SMILES string of the molecule is CC(=Nc1ccc(C(F)(F)F)cc1)C(C=O)=C(C)N. The molecule has 0 spiro atoms. The van der Waals surface area contributed by atoms with Gasteiger partial charge in [0.15, 0.2) is 6.29 Å². The summed E-state index contributed by atoms with van der Waals surface area (Å²) >= 11 is 0. The molecule has 0 heterocycles. The highest BCUT2D eigenvalue weighted by Gasteiger charge is 2.29. The summed E-state index contributed by atoms with van der Waals surface area (Å²) in [5, 5.41) is 0. The second-order valence-electron chi connectivity index (χ2n) is 3.96. The number of alkyl halides is 3. The molecule has 0 atom stereocenters. The third-order valence-electron chi connectivity index (χ3n) is 2.42. The van der Waals surface area contributed by atoms with E-state index in [1.165, 1.54) is 12.1 Å². The van der Waals surface area contributed by atoms with Crippen molar-refractivity contribution in [2.75, 3.05) is 0 Å². The van der Waals surface area contributed by atoms with Crippen molar-refractivity contribution >= 4 is 17.7 Å². The molecule has 6 heteroatoms. The molecule has 0 amide bonds. The van der Waals surface area contributed by atoms with Crippen LogP contribution in [-0.2, 0) is 11.0 Å². The van der Waals surface area contributed by atoms with E-state index in [-0.39, 0.29) is 5.57 Å². The number of halogens is 3. The van der Waals surface area contributed by atoms with E-state index in [4.69, 9.17) is 5.73 Å². The van der Waals surface area contributed by atoms with Crippen LogP contribution in [0.2, 0.25) is 0 Å². The van der Waals surface area contributed by atoms with Crippen LogP contribution in [-0.4, -0.2) is 12.0 Å². The first-order valence-corrected chi connectivity index (χ1v) is 5.40. The molecule has 0 saturated heterocycles. The Labute approximate surface area is 108 Å². The molecule has 1 aromatic carbocycles. The first kappa shape index (κ1) is 14.9. The molecule has 1 rings (SSSR count). The molecular weight excluding hydrogens is 257 g/mol. The van der Waals surface area contributed by atoms with E-state index in [1.54, 1.807) is 13.8 Å². The van der Waals surface area contributed by atoms with Gasteiger partial charge in [0.25, 0.3) is 0 Å². The second kappa shape index (κ2) is 5.69. The van der Waals surface area contributed by atoms with Gasteiger partial charge in [0, 0.05) is 5.70 Å². The molecule has 0 saturated carbocycles. The minimum atomic E-state index is -4.38. The maximum absolute atomic E-state index is 12.4. The third kappa shape index (κ3) is 3.94. The Bertz CT molecular complexity index is 524. The summed E-state index contributed by atoms with van der Waals surface area (Å²) in [5.41, 5.74) is 5.98. The first-order valence-electron chi connectivity index (χ1n) is 5.40. The molecule has 0 radical (unpaired) electrons. The van der Waals surface area contributed by atoms with Crippen molar-refractivity contribution in [2.24, 2.45) is 10.7 Å². The van der Waals surface area contributed by atoms with E-state index in [0.29, 0.717) is 23.4 Å². The van der Waals surface area contributed by atoms with Crippen molar-refractivity contribution in [3.63, 3.8) is 0 Å². The lowest BCUT2D eigenvalue weighted by molar-refractivity contribution is -0.137. The van der Waals surface area contributed by atoms with E-state index in [9.17, 15) is 18.0 Å². The summed E-state index contributed by atoms with van der Waals surface area (Å²) in [7, 11) is 0. The second-order valence-corrected chi connectivity index (χ2v) is 3.96. The van der Waals surface area contributed by atoms with Gasteiger partial charge < -0.3 is 5.73 Å². The Balaban J connectivity index is 3.07. The lowest BCUT2D eigenvalue weighted by Crippen LogP contribution is -2.07. The standard InChI is InChI=1S/C13H13F3N2O/c1-8(17)12(7-19)9(2)18-11-5-3-10(4-6-11)13(14,15)16/h3-7H,17H2,1-2H3. The molecule has 0 fully saturated rings. The maximum atomic E-state index is 12.4. The summed E-state index contributed by atoms with van der Waals surface area (Å²) in [6, 6.07) is 4.35. The van der Waals surface area contributed by atoms with Crippen molar-refractivity contribution < 1.29 is 18.0 Å². The Morgan fingerprint density at radius 1 is 1.21 bits per heavy atom. The molecule has 1 aromatic rings. The number of nitrogens with two attached hydrogens (primary N) is 1. The highest BCUT2D eigenvalue weighted by molar-refractivity contribution is 6.14. The van der Waals surface area contributed by atoms with Crippen molar-refractivity contribution in [1.29, 1.82) is 0 Å². The molecule has 102 valence electrons. The van der Waals surface area contributed by atoms with Gasteiger partial charge in [-0.15, -0.1) is 0 Å². The van der Waals surface area contributed by atoms with Crippen molar-refractivity contribution in [2.45, 2.75) is 20.0 Å². The third-order valence-corrected chi connectivity index (χ3v) is 2.42. The van der Waals surface area contributed by atoms with E-state index >= 15 is 0 Å². The number of nitrogens with zero attached hydrogens (tertiary/aromatic N) is 1. The summed E-state index contributed by atoms with van der Waals surface area (Å²) in [4.78, 5) is 14.9. The Hall–Kier alpha value is -2.11. The molecule has 0 bridgehead atoms. The summed E-state index contributed by atoms with van der Waals surface area (Å²) < 4.78 is 37.1. The molecule has 2 N–H and O–H groups in total. The largest absolute Gasteiger partial charge is 0.416 e. The predicted octanol–water partition coefficient (Wildman–Crippen LogP) is 3.23. The van der Waals surface area contributed by atoms with Gasteiger partial charge in [-0.1, -0.05) is 0 Å². The van der Waals surface area contributed by atoms with Crippen molar-refractivity contribution in [3.8, 4) is 0 Å². The molecule has 0 aliphatic carbocycles. The Kier molecular flexibility index (Phi) is 4.47. The molecule has 3 nitrogen and oxygen atoms in total. The first-order chi connectivity index (χ1) is 8.75. The van der Waals surface area contributed by atoms with Gasteiger partial charge in [0.1, 0.15) is 0 Å². The number of carbonyl (C=O) groups excluding carboxylic acids is 1. The highest BCUT2D eigenvalue weighted by Crippen LogP contribution is 2.30. The number of hydrogen-bond donors (Lipinski definition) is 1. The number of rotatable bonds is 3. The van der Waals surface area contributed by atoms with Crippen LogP contribution < -0.4 is 5.73 Å². The average molecular weight is 270 g/mol. The zero-order valence-corrected chi connectivity index (χ0v) is 10.5. The minimum absolute atomic E-state index is 0.236. The Morgan fingerprint density at radius 3 is 2.11 bits per heavy atom. The molecule has 19 heavy (non-hydrogen) atoms. The van der Waals surface area contributed by atoms with Gasteiger partial charge in [0.2, 0.25) is 0 Å². The quantitative estimate of drug-likeness (QED) is 0.521. The fourth-order valence-corrected chi connectivity index (χ4v) is 1.44. The summed E-state index contributed by atoms with van der Waals surface area (Å²) in [5.74, 6) is 0. The number of allylic oxidation sites excluding steroid dienone is 2. The lowest BCUT2D eigenvalue weighted by atomic mass is 10.1. The molecule has 0 aliphatic heterocycles. The van der Waals surface area contributed by atoms with E-state index in [2.05, 4.69) is 4.99 Å². The average Bonchev–Trinajstić information content (AvgIpc) is 2.28. The van der Waals surface area contributed by atoms with Crippen molar-refractivity contribution in [1.82, 2.24) is 0 Å². The van der Waals surface area contributed by atoms with Crippen LogP contribution in [0.5, 0.6) is 0 Å². The summed E-state index contributed by atoms with van der Waals surface area (Å²) in [6.07, 6.45) is -3.81. The normalized spacial score (nSPS) is 14.1. The van der Waals surface area contributed by atoms with E-state index < -0.39 is 11.7 Å². The fourth-order valence-electron chi connectivity index (χ4n) is 1.44. The van der Waals surface area contributed by atoms with Crippen LogP contribution in [0.1, 0.15) is 19.4 Å². The number of benzene rings is 1. The smallest absolute Gasteiger partial charge is 0.402 e. The maximum Gasteiger partial charge on any atom is 0.416 e. The van der Waals surface area contributed by atoms with Crippen LogP contribution >= 0.6 is 0 Å². The Morgan fingerprint density at radius 2 is 1.74 bits per heavy atom. The summed E-state index contributed by atoms with van der Waals surface area (Å²) in [6.45, 7) is 3.12. The van der Waals surface area contributed by atoms with Crippen LogP contribution in [0, 0.1) is 0 Å². The lowest BCUT2D eigenvalue weighted by Gasteiger charge is -2.06. The van der Waals surface area contributed by atoms with Gasteiger partial charge >= 0.3 is 6.18 Å². The zero-order chi connectivity index (χ0) is 14.6. The van der Waals surface area contributed by atoms with Crippen molar-refractivity contribution in [3.05, 3.63) is 41.1 Å². The predicted molar refractivity (Wildman–Crippen MR) is 67.2 cm³/mol. The van der Waals surface area contributed by atoms with Gasteiger partial charge in [-0.25, -0.2) is 0 Å². The van der Waals surface area contributed by atoms with E-state index in [0.717, 1.165) is 12.1 Å². The number of hydrogen-bond acceptors (Lipinski definition) is 3. The van der Waals surface area contributed by atoms with Crippen LogP contribution in [0.4, 0.5) is 18.9 Å². The van der Waals surface area contributed by atoms with Gasteiger partial charge in [-0.05, 0) is 38.1 Å². The minimum Gasteiger partial charge on any atom is -0.402 e. The highest BCUT2D eigenvalue weighted by atomic mass is 19.4. The molecule has 0 unspecified atom stereocenters. The van der Waals surface area contributed by atoms with Gasteiger partial charge in [-0.2, -0.15) is 13.2 Å². The zero-order valence-electron chi connectivity index (χ0n) is 10.5. The van der Waals surface area contributed by atoms with Crippen LogP contribution in [0.15, 0.2) is 40.5 Å². The topological polar surface area (TPSA) is 55.5 Å². The number of carbonyl (C=O) groups is 1. The van der Waals surface area contributed by atoms with Gasteiger partial charge in [-0.3, -0.25) is 9.79 Å². The number of aldehydes is 1. The monoisotopic (exact) mass is 270 g/mol. The van der Waals surface area contributed by atoms with Crippen LogP contribution in [0.25, 0.3) is 0 Å². The fraction of sp³-hybridized carbons (Fsp3) is 0.231. The molecule has 0 aromatic heterocycles. The van der Waals surface area contributed by atoms with Gasteiger partial charge in [0.05, 0.1) is 22.5 Å². The van der Waals surface area contributed by atoms with Crippen LogP contribution in [0.3, 0.4) is 0 Å². The van der Waals surface area contributed by atoms with E-state index in [1.807, 2.05) is 0 Å².